The van der Waals surface area contributed by atoms with Gasteiger partial charge in [-0.05, 0) is 38.2 Å². The molecule has 0 bridgehead atoms. The molecule has 0 fully saturated rings. The van der Waals surface area contributed by atoms with Gasteiger partial charge in [0, 0.05) is 24.0 Å². The lowest BCUT2D eigenvalue weighted by Crippen LogP contribution is -2.27. The van der Waals surface area contributed by atoms with Crippen molar-refractivity contribution in [3.8, 4) is 17.0 Å². The second kappa shape index (κ2) is 11.7. The standard InChI is InChI=1S/C21H25Cl2N5O2S.CH4/c1-4-25-19(29)17-10-13-18(26-21(24)27-20(13)31-17)12-9-16(15(23)11-14(12)22)30-8-7-28(5-2)6-3;/h9-11H,4-8H2,1-3H3,(H,25,29)(H2,24,26,27);1H4. The molecule has 0 aliphatic heterocycles. The number of nitrogens with zero attached hydrogens (tertiary/aromatic N) is 3. The fourth-order valence-electron chi connectivity index (χ4n) is 3.15. The molecule has 1 aromatic carbocycles. The fourth-order valence-corrected chi connectivity index (χ4v) is 4.63. The lowest BCUT2D eigenvalue weighted by atomic mass is 10.1. The maximum Gasteiger partial charge on any atom is 0.261 e. The summed E-state index contributed by atoms with van der Waals surface area (Å²) in [7, 11) is 0. The number of carbonyl (C=O) groups excluding carboxylic acids is 1. The van der Waals surface area contributed by atoms with Gasteiger partial charge in [-0.25, -0.2) is 9.97 Å². The van der Waals surface area contributed by atoms with Crippen LogP contribution in [-0.4, -0.2) is 53.6 Å². The molecule has 174 valence electrons. The molecule has 0 unspecified atom stereocenters. The number of hydrogen-bond acceptors (Lipinski definition) is 7. The number of hydrogen-bond donors (Lipinski definition) is 2. The Hall–Kier alpha value is -2.13. The van der Waals surface area contributed by atoms with E-state index in [1.165, 1.54) is 11.3 Å². The number of amides is 1. The summed E-state index contributed by atoms with van der Waals surface area (Å²) in [5.74, 6) is 0.442. The predicted octanol–water partition coefficient (Wildman–Crippen LogP) is 5.35. The fraction of sp³-hybridized carbons (Fsp3) is 0.409. The van der Waals surface area contributed by atoms with Crippen LogP contribution in [0.1, 0.15) is 37.9 Å². The van der Waals surface area contributed by atoms with Crippen LogP contribution in [0.25, 0.3) is 21.5 Å². The number of ether oxygens (including phenoxy) is 1. The molecular formula is C22H29Cl2N5O2S. The number of rotatable bonds is 9. The Kier molecular flexibility index (Phi) is 9.51. The van der Waals surface area contributed by atoms with Crippen LogP contribution in [0.3, 0.4) is 0 Å². The third kappa shape index (κ3) is 5.81. The highest BCUT2D eigenvalue weighted by atomic mass is 35.5. The Morgan fingerprint density at radius 1 is 1.16 bits per heavy atom. The van der Waals surface area contributed by atoms with Crippen LogP contribution in [0.2, 0.25) is 10.0 Å². The molecule has 32 heavy (non-hydrogen) atoms. The summed E-state index contributed by atoms with van der Waals surface area (Å²) in [5.41, 5.74) is 7.09. The van der Waals surface area contributed by atoms with Gasteiger partial charge in [0.25, 0.3) is 5.91 Å². The molecule has 1 amide bonds. The molecule has 0 radical (unpaired) electrons. The highest BCUT2D eigenvalue weighted by Gasteiger charge is 2.19. The van der Waals surface area contributed by atoms with Crippen LogP contribution < -0.4 is 15.8 Å². The van der Waals surface area contributed by atoms with E-state index in [0.29, 0.717) is 55.3 Å². The third-order valence-corrected chi connectivity index (χ3v) is 6.44. The van der Waals surface area contributed by atoms with E-state index >= 15 is 0 Å². The first-order valence-corrected chi connectivity index (χ1v) is 11.6. The van der Waals surface area contributed by atoms with Crippen molar-refractivity contribution in [2.24, 2.45) is 0 Å². The molecule has 3 rings (SSSR count). The van der Waals surface area contributed by atoms with Crippen molar-refractivity contribution in [2.45, 2.75) is 28.2 Å². The minimum Gasteiger partial charge on any atom is -0.491 e. The van der Waals surface area contributed by atoms with Gasteiger partial charge in [-0.2, -0.15) is 0 Å². The first-order chi connectivity index (χ1) is 14.9. The van der Waals surface area contributed by atoms with Crippen molar-refractivity contribution in [3.05, 3.63) is 33.1 Å². The molecule has 0 aliphatic rings. The average Bonchev–Trinajstić information content (AvgIpc) is 3.16. The van der Waals surface area contributed by atoms with Gasteiger partial charge in [0.05, 0.1) is 20.6 Å². The van der Waals surface area contributed by atoms with Crippen LogP contribution in [-0.2, 0) is 0 Å². The molecule has 0 spiro atoms. The number of halogens is 2. The molecule has 3 N–H and O–H groups in total. The topological polar surface area (TPSA) is 93.4 Å². The van der Waals surface area contributed by atoms with Crippen molar-refractivity contribution >= 4 is 56.6 Å². The first kappa shape index (κ1) is 26.1. The van der Waals surface area contributed by atoms with Crippen LogP contribution in [0.4, 0.5) is 5.95 Å². The van der Waals surface area contributed by atoms with Crippen molar-refractivity contribution in [3.63, 3.8) is 0 Å². The molecule has 7 nitrogen and oxygen atoms in total. The SMILES string of the molecule is C.CCNC(=O)c1cc2c(-c3cc(OCCN(CC)CC)c(Cl)cc3Cl)nc(N)nc2s1. The Balaban J connectivity index is 0.00000363. The van der Waals surface area contributed by atoms with Crippen LogP contribution in [0.15, 0.2) is 18.2 Å². The number of nitrogens with two attached hydrogens (primary N) is 1. The molecule has 0 saturated carbocycles. The van der Waals surface area contributed by atoms with Crippen LogP contribution in [0, 0.1) is 0 Å². The largest absolute Gasteiger partial charge is 0.491 e. The molecule has 0 saturated heterocycles. The zero-order valence-electron chi connectivity index (χ0n) is 17.7. The number of fused-ring (bicyclic) bond motifs is 1. The Morgan fingerprint density at radius 2 is 1.88 bits per heavy atom. The molecule has 3 aromatic rings. The normalized spacial score (nSPS) is 10.9. The summed E-state index contributed by atoms with van der Waals surface area (Å²) in [6.45, 7) is 9.78. The van der Waals surface area contributed by atoms with E-state index in [-0.39, 0.29) is 19.3 Å². The van der Waals surface area contributed by atoms with E-state index in [2.05, 4.69) is 34.0 Å². The number of carbonyl (C=O) groups is 1. The molecule has 0 aliphatic carbocycles. The van der Waals surface area contributed by atoms with Crippen molar-refractivity contribution in [1.29, 1.82) is 0 Å². The quantitative estimate of drug-likeness (QED) is 0.413. The average molecular weight is 498 g/mol. The van der Waals surface area contributed by atoms with E-state index < -0.39 is 0 Å². The van der Waals surface area contributed by atoms with Gasteiger partial charge < -0.3 is 20.7 Å². The zero-order valence-corrected chi connectivity index (χ0v) is 20.0. The van der Waals surface area contributed by atoms with Crippen LogP contribution in [0.5, 0.6) is 5.75 Å². The Morgan fingerprint density at radius 3 is 2.53 bits per heavy atom. The number of thiophene rings is 1. The summed E-state index contributed by atoms with van der Waals surface area (Å²) < 4.78 is 5.94. The molecule has 0 atom stereocenters. The predicted molar refractivity (Wildman–Crippen MR) is 135 cm³/mol. The summed E-state index contributed by atoms with van der Waals surface area (Å²) in [6, 6.07) is 5.15. The van der Waals surface area contributed by atoms with Gasteiger partial charge >= 0.3 is 0 Å². The van der Waals surface area contributed by atoms with E-state index in [9.17, 15) is 4.79 Å². The number of nitrogen functional groups attached to an aromatic ring is 1. The number of nitrogens with one attached hydrogen (secondary N) is 1. The number of likely N-dealkylation sites (N-methyl/N-ethyl adjacent to an activating group) is 1. The van der Waals surface area contributed by atoms with Gasteiger partial charge in [0.2, 0.25) is 5.95 Å². The highest BCUT2D eigenvalue weighted by Crippen LogP contribution is 2.40. The van der Waals surface area contributed by atoms with Crippen molar-refractivity contribution < 1.29 is 9.53 Å². The minimum absolute atomic E-state index is 0. The summed E-state index contributed by atoms with van der Waals surface area (Å²) in [6.07, 6.45) is 0. The van der Waals surface area contributed by atoms with Gasteiger partial charge in [-0.3, -0.25) is 4.79 Å². The number of anilines is 1. The Bertz CT molecular complexity index is 1090. The van der Waals surface area contributed by atoms with E-state index in [0.717, 1.165) is 19.6 Å². The van der Waals surface area contributed by atoms with Gasteiger partial charge in [-0.15, -0.1) is 11.3 Å². The highest BCUT2D eigenvalue weighted by molar-refractivity contribution is 7.20. The third-order valence-electron chi connectivity index (χ3n) is 4.81. The minimum atomic E-state index is -0.169. The van der Waals surface area contributed by atoms with Gasteiger partial charge in [0.15, 0.2) is 0 Å². The maximum atomic E-state index is 12.3. The van der Waals surface area contributed by atoms with Crippen molar-refractivity contribution in [1.82, 2.24) is 20.2 Å². The van der Waals surface area contributed by atoms with E-state index in [1.54, 1.807) is 18.2 Å². The number of aromatic nitrogens is 2. The lowest BCUT2D eigenvalue weighted by Gasteiger charge is -2.19. The second-order valence-electron chi connectivity index (χ2n) is 6.76. The zero-order chi connectivity index (χ0) is 22.5. The smallest absolute Gasteiger partial charge is 0.261 e. The monoisotopic (exact) mass is 497 g/mol. The van der Waals surface area contributed by atoms with Crippen LogP contribution >= 0.6 is 34.5 Å². The van der Waals surface area contributed by atoms with Crippen molar-refractivity contribution in [2.75, 3.05) is 38.5 Å². The maximum absolute atomic E-state index is 12.3. The molecular weight excluding hydrogens is 469 g/mol. The summed E-state index contributed by atoms with van der Waals surface area (Å²) >= 11 is 14.1. The van der Waals surface area contributed by atoms with E-state index in [4.69, 9.17) is 33.7 Å². The lowest BCUT2D eigenvalue weighted by molar-refractivity contribution is 0.0960. The molecule has 2 aromatic heterocycles. The first-order valence-electron chi connectivity index (χ1n) is 10.1. The molecule has 2 heterocycles. The second-order valence-corrected chi connectivity index (χ2v) is 8.60. The van der Waals surface area contributed by atoms with Gasteiger partial charge in [-0.1, -0.05) is 44.5 Å². The number of benzene rings is 1. The Labute approximate surface area is 202 Å². The summed E-state index contributed by atoms with van der Waals surface area (Å²) in [5, 5.41) is 4.31. The van der Waals surface area contributed by atoms with E-state index in [1.807, 2.05) is 6.92 Å². The van der Waals surface area contributed by atoms with Gasteiger partial charge in [0.1, 0.15) is 17.2 Å². The molecule has 10 heteroatoms. The summed E-state index contributed by atoms with van der Waals surface area (Å²) in [4.78, 5) is 24.4.